The molecule has 3 aromatic rings. The lowest BCUT2D eigenvalue weighted by Gasteiger charge is -2.11. The Kier molecular flexibility index (Phi) is 4.47. The lowest BCUT2D eigenvalue weighted by molar-refractivity contribution is -0.118. The monoisotopic (exact) mass is 320 g/mol. The van der Waals surface area contributed by atoms with Gasteiger partial charge in [0.25, 0.3) is 0 Å². The number of nitrogens with zero attached hydrogens (tertiary/aromatic N) is 3. The molecule has 0 radical (unpaired) electrons. The molecule has 3 rings (SSSR count). The van der Waals surface area contributed by atoms with Crippen LogP contribution in [0.15, 0.2) is 65.5 Å². The highest BCUT2D eigenvalue weighted by Crippen LogP contribution is 2.26. The van der Waals surface area contributed by atoms with Crippen molar-refractivity contribution >= 4 is 5.91 Å². The highest BCUT2D eigenvalue weighted by Gasteiger charge is 2.14. The van der Waals surface area contributed by atoms with Crippen molar-refractivity contribution in [3.05, 3.63) is 71.1 Å². The summed E-state index contributed by atoms with van der Waals surface area (Å²) in [6.07, 6.45) is 0.0352. The molecule has 0 spiro atoms. The van der Waals surface area contributed by atoms with Crippen molar-refractivity contribution in [3.8, 4) is 22.5 Å². The average molecular weight is 320 g/mol. The zero-order valence-electron chi connectivity index (χ0n) is 12.9. The molecule has 0 aliphatic heterocycles. The summed E-state index contributed by atoms with van der Waals surface area (Å²) < 4.78 is 1.18. The van der Waals surface area contributed by atoms with Crippen molar-refractivity contribution in [1.29, 1.82) is 0 Å². The third-order valence-corrected chi connectivity index (χ3v) is 3.54. The molecule has 0 atom stereocenters. The standard InChI is InChI=1S/C18H16N4O2/c19-15(23)11-12-22-18(24)20-16(13-7-3-1-4-8-13)17(21-22)14-9-5-2-6-10-14/h1-10H,11-12H2,(H2,19,23). The molecule has 2 N–H and O–H groups in total. The highest BCUT2D eigenvalue weighted by atomic mass is 16.2. The fourth-order valence-electron chi connectivity index (χ4n) is 2.37. The predicted octanol–water partition coefficient (Wildman–Crippen LogP) is 1.85. The van der Waals surface area contributed by atoms with Gasteiger partial charge in [0.15, 0.2) is 0 Å². The summed E-state index contributed by atoms with van der Waals surface area (Å²) in [5.41, 5.74) is 7.41. The number of rotatable bonds is 5. The topological polar surface area (TPSA) is 90.9 Å². The third kappa shape index (κ3) is 3.38. The number of aryl methyl sites for hydroxylation is 1. The second-order valence-electron chi connectivity index (χ2n) is 5.26. The van der Waals surface area contributed by atoms with Crippen LogP contribution < -0.4 is 11.4 Å². The smallest absolute Gasteiger partial charge is 0.364 e. The van der Waals surface area contributed by atoms with Gasteiger partial charge in [-0.2, -0.15) is 10.1 Å². The molecule has 6 heteroatoms. The quantitative estimate of drug-likeness (QED) is 0.776. The molecule has 0 saturated heterocycles. The van der Waals surface area contributed by atoms with Gasteiger partial charge in [-0.1, -0.05) is 60.7 Å². The normalized spacial score (nSPS) is 10.5. The second-order valence-corrected chi connectivity index (χ2v) is 5.26. The van der Waals surface area contributed by atoms with E-state index in [-0.39, 0.29) is 13.0 Å². The number of benzene rings is 2. The van der Waals surface area contributed by atoms with Crippen LogP contribution in [0.3, 0.4) is 0 Å². The summed E-state index contributed by atoms with van der Waals surface area (Å²) in [6.45, 7) is 0.107. The SMILES string of the molecule is NC(=O)CCn1nc(-c2ccccc2)c(-c2ccccc2)nc1=O. The van der Waals surface area contributed by atoms with Crippen LogP contribution in [0.4, 0.5) is 0 Å². The van der Waals surface area contributed by atoms with Crippen LogP contribution in [-0.2, 0) is 11.3 Å². The van der Waals surface area contributed by atoms with Gasteiger partial charge in [-0.25, -0.2) is 9.48 Å². The molecular weight excluding hydrogens is 304 g/mol. The molecule has 2 aromatic carbocycles. The van der Waals surface area contributed by atoms with Crippen LogP contribution in [0.1, 0.15) is 6.42 Å². The molecule has 0 bridgehead atoms. The minimum absolute atomic E-state index is 0.0352. The van der Waals surface area contributed by atoms with Gasteiger partial charge in [-0.05, 0) is 0 Å². The lowest BCUT2D eigenvalue weighted by atomic mass is 10.0. The maximum Gasteiger partial charge on any atom is 0.364 e. The van der Waals surface area contributed by atoms with Crippen molar-refractivity contribution in [1.82, 2.24) is 14.8 Å². The van der Waals surface area contributed by atoms with Crippen molar-refractivity contribution in [3.63, 3.8) is 0 Å². The van der Waals surface area contributed by atoms with Crippen LogP contribution in [0.5, 0.6) is 0 Å². The van der Waals surface area contributed by atoms with E-state index in [4.69, 9.17) is 5.73 Å². The van der Waals surface area contributed by atoms with E-state index in [9.17, 15) is 9.59 Å². The van der Waals surface area contributed by atoms with Gasteiger partial charge in [0, 0.05) is 17.5 Å². The van der Waals surface area contributed by atoms with Crippen molar-refractivity contribution in [2.24, 2.45) is 5.73 Å². The van der Waals surface area contributed by atoms with Crippen LogP contribution in [0.2, 0.25) is 0 Å². The molecule has 0 aliphatic carbocycles. The number of hydrogen-bond donors (Lipinski definition) is 1. The number of primary amides is 1. The zero-order valence-corrected chi connectivity index (χ0v) is 12.9. The number of carbonyl (C=O) groups is 1. The summed E-state index contributed by atoms with van der Waals surface area (Å²) in [6, 6.07) is 18.9. The first-order valence-corrected chi connectivity index (χ1v) is 7.53. The molecule has 0 fully saturated rings. The Labute approximate surface area is 138 Å². The first-order chi connectivity index (χ1) is 11.6. The van der Waals surface area contributed by atoms with Gasteiger partial charge >= 0.3 is 5.69 Å². The van der Waals surface area contributed by atoms with E-state index in [1.807, 2.05) is 60.7 Å². The fraction of sp³-hybridized carbons (Fsp3) is 0.111. The minimum Gasteiger partial charge on any atom is -0.370 e. The van der Waals surface area contributed by atoms with Crippen LogP contribution in [0, 0.1) is 0 Å². The van der Waals surface area contributed by atoms with Gasteiger partial charge in [0.2, 0.25) is 5.91 Å². The lowest BCUT2D eigenvalue weighted by Crippen LogP contribution is -2.29. The van der Waals surface area contributed by atoms with E-state index in [2.05, 4.69) is 10.1 Å². The van der Waals surface area contributed by atoms with E-state index in [0.717, 1.165) is 11.1 Å². The van der Waals surface area contributed by atoms with Crippen molar-refractivity contribution < 1.29 is 4.79 Å². The zero-order chi connectivity index (χ0) is 16.9. The first-order valence-electron chi connectivity index (χ1n) is 7.53. The van der Waals surface area contributed by atoms with Crippen molar-refractivity contribution in [2.75, 3.05) is 0 Å². The van der Waals surface area contributed by atoms with Gasteiger partial charge in [-0.3, -0.25) is 4.79 Å². The fourth-order valence-corrected chi connectivity index (χ4v) is 2.37. The summed E-state index contributed by atoms with van der Waals surface area (Å²) in [5.74, 6) is -0.489. The van der Waals surface area contributed by atoms with E-state index in [1.54, 1.807) is 0 Å². The van der Waals surface area contributed by atoms with Gasteiger partial charge in [0.05, 0.1) is 6.54 Å². The Morgan fingerprint density at radius 1 is 0.917 bits per heavy atom. The molecule has 0 saturated carbocycles. The number of carbonyl (C=O) groups excluding carboxylic acids is 1. The minimum atomic E-state index is -0.505. The molecule has 1 aromatic heterocycles. The number of amides is 1. The van der Waals surface area contributed by atoms with Crippen molar-refractivity contribution in [2.45, 2.75) is 13.0 Å². The van der Waals surface area contributed by atoms with Crippen LogP contribution >= 0.6 is 0 Å². The Morgan fingerprint density at radius 2 is 1.46 bits per heavy atom. The number of aromatic nitrogens is 3. The third-order valence-electron chi connectivity index (χ3n) is 3.54. The highest BCUT2D eigenvalue weighted by molar-refractivity contribution is 5.77. The molecule has 1 heterocycles. The van der Waals surface area contributed by atoms with E-state index < -0.39 is 11.6 Å². The van der Waals surface area contributed by atoms with Crippen LogP contribution in [0.25, 0.3) is 22.5 Å². The first kappa shape index (κ1) is 15.6. The molecule has 1 amide bonds. The van der Waals surface area contributed by atoms with E-state index in [1.165, 1.54) is 4.68 Å². The summed E-state index contributed by atoms with van der Waals surface area (Å²) in [4.78, 5) is 27.4. The largest absolute Gasteiger partial charge is 0.370 e. The predicted molar refractivity (Wildman–Crippen MR) is 91.0 cm³/mol. The molecule has 6 nitrogen and oxygen atoms in total. The molecule has 0 aliphatic rings. The van der Waals surface area contributed by atoms with Gasteiger partial charge in [-0.15, -0.1) is 0 Å². The average Bonchev–Trinajstić information content (AvgIpc) is 2.62. The Hall–Kier alpha value is -3.28. The summed E-state index contributed by atoms with van der Waals surface area (Å²) in [7, 11) is 0. The molecule has 120 valence electrons. The molecular formula is C18H16N4O2. The van der Waals surface area contributed by atoms with Gasteiger partial charge < -0.3 is 5.73 Å². The second kappa shape index (κ2) is 6.87. The van der Waals surface area contributed by atoms with E-state index in [0.29, 0.717) is 11.4 Å². The van der Waals surface area contributed by atoms with Crippen LogP contribution in [-0.4, -0.2) is 20.7 Å². The summed E-state index contributed by atoms with van der Waals surface area (Å²) in [5, 5.41) is 4.42. The van der Waals surface area contributed by atoms with Gasteiger partial charge in [0.1, 0.15) is 11.4 Å². The molecule has 0 unspecified atom stereocenters. The maximum atomic E-state index is 12.2. The Balaban J connectivity index is 2.16. The van der Waals surface area contributed by atoms with E-state index >= 15 is 0 Å². The number of nitrogens with two attached hydrogens (primary N) is 1. The summed E-state index contributed by atoms with van der Waals surface area (Å²) >= 11 is 0. The number of hydrogen-bond acceptors (Lipinski definition) is 4. The molecule has 24 heavy (non-hydrogen) atoms. The maximum absolute atomic E-state index is 12.2. The Bertz CT molecular complexity index is 905. The Morgan fingerprint density at radius 3 is 2.00 bits per heavy atom.